The molecule has 0 aliphatic carbocycles. The molecule has 0 aliphatic rings. The zero-order chi connectivity index (χ0) is 10.8. The summed E-state index contributed by atoms with van der Waals surface area (Å²) >= 11 is 0. The Balaban J connectivity index is 3.55. The maximum atomic E-state index is 2.37. The molecule has 0 N–H and O–H groups in total. The fourth-order valence-corrected chi connectivity index (χ4v) is 1.75. The molecule has 14 heavy (non-hydrogen) atoms. The second kappa shape index (κ2) is 9.26. The van der Waals surface area contributed by atoms with Crippen LogP contribution in [0, 0.1) is 0 Å². The largest absolute Gasteiger partial charge is 0.306 e. The molecule has 1 heteroatoms. The van der Waals surface area contributed by atoms with E-state index in [9.17, 15) is 0 Å². The van der Waals surface area contributed by atoms with Gasteiger partial charge in [-0.25, -0.2) is 0 Å². The summed E-state index contributed by atoms with van der Waals surface area (Å²) in [6.07, 6.45) is 12.3. The minimum Gasteiger partial charge on any atom is -0.306 e. The van der Waals surface area contributed by atoms with Crippen LogP contribution < -0.4 is 0 Å². The second-order valence-corrected chi connectivity index (χ2v) is 4.22. The Morgan fingerprint density at radius 2 is 1.79 bits per heavy atom. The zero-order valence-corrected chi connectivity index (χ0v) is 10.4. The number of rotatable bonds is 8. The summed E-state index contributed by atoms with van der Waals surface area (Å²) in [4.78, 5) is 2.37. The fraction of sp³-hybridized carbons (Fsp3) is 0.846. The molecule has 1 atom stereocenters. The van der Waals surface area contributed by atoms with Gasteiger partial charge in [-0.05, 0) is 46.2 Å². The lowest BCUT2D eigenvalue weighted by molar-refractivity contribution is 0.258. The Labute approximate surface area is 90.2 Å². The van der Waals surface area contributed by atoms with Crippen molar-refractivity contribution in [1.29, 1.82) is 0 Å². The Kier molecular flexibility index (Phi) is 9.06. The van der Waals surface area contributed by atoms with Crippen molar-refractivity contribution in [3.05, 3.63) is 12.2 Å². The van der Waals surface area contributed by atoms with Crippen molar-refractivity contribution in [2.24, 2.45) is 0 Å². The molecule has 0 radical (unpaired) electrons. The molecule has 0 aromatic carbocycles. The van der Waals surface area contributed by atoms with Gasteiger partial charge >= 0.3 is 0 Å². The van der Waals surface area contributed by atoms with Crippen molar-refractivity contribution in [3.63, 3.8) is 0 Å². The average molecular weight is 197 g/mol. The molecular weight excluding hydrogens is 170 g/mol. The van der Waals surface area contributed by atoms with Crippen LogP contribution in [0.25, 0.3) is 0 Å². The lowest BCUT2D eigenvalue weighted by Crippen LogP contribution is -2.27. The van der Waals surface area contributed by atoms with Gasteiger partial charge in [0.1, 0.15) is 0 Å². The molecule has 0 fully saturated rings. The Morgan fingerprint density at radius 1 is 1.07 bits per heavy atom. The lowest BCUT2D eigenvalue weighted by atomic mass is 10.0. The minimum atomic E-state index is 0.787. The molecule has 1 unspecified atom stereocenters. The van der Waals surface area contributed by atoms with Gasteiger partial charge in [-0.2, -0.15) is 0 Å². The number of hydrogen-bond donors (Lipinski definition) is 0. The third-order valence-electron chi connectivity index (χ3n) is 2.66. The molecule has 0 spiro atoms. The van der Waals surface area contributed by atoms with Crippen LogP contribution in [-0.4, -0.2) is 25.0 Å². The standard InChI is InChI=1S/C13H27N/c1-5-7-8-9-10-12-13(11-6-2)14(3)4/h7-8,13H,5-6,9-12H2,1-4H3. The van der Waals surface area contributed by atoms with E-state index in [0.29, 0.717) is 0 Å². The van der Waals surface area contributed by atoms with E-state index in [4.69, 9.17) is 0 Å². The van der Waals surface area contributed by atoms with Crippen molar-refractivity contribution in [2.45, 2.75) is 58.4 Å². The van der Waals surface area contributed by atoms with Crippen LogP contribution in [0.3, 0.4) is 0 Å². The van der Waals surface area contributed by atoms with Crippen LogP contribution in [0.1, 0.15) is 52.4 Å². The molecule has 1 nitrogen and oxygen atoms in total. The average Bonchev–Trinajstić information content (AvgIpc) is 2.15. The van der Waals surface area contributed by atoms with E-state index in [1.54, 1.807) is 0 Å². The van der Waals surface area contributed by atoms with Crippen LogP contribution in [-0.2, 0) is 0 Å². The number of nitrogens with zero attached hydrogens (tertiary/aromatic N) is 1. The smallest absolute Gasteiger partial charge is 0.00891 e. The highest BCUT2D eigenvalue weighted by Crippen LogP contribution is 2.11. The molecule has 0 saturated carbocycles. The first kappa shape index (κ1) is 13.7. The summed E-state index contributed by atoms with van der Waals surface area (Å²) in [6, 6.07) is 0.787. The zero-order valence-electron chi connectivity index (χ0n) is 10.4. The highest BCUT2D eigenvalue weighted by molar-refractivity contribution is 4.80. The summed E-state index contributed by atoms with van der Waals surface area (Å²) in [5, 5.41) is 0. The Morgan fingerprint density at radius 3 is 2.29 bits per heavy atom. The van der Waals surface area contributed by atoms with Gasteiger partial charge in [-0.15, -0.1) is 0 Å². The maximum absolute atomic E-state index is 2.37. The molecule has 0 aromatic heterocycles. The summed E-state index contributed by atoms with van der Waals surface area (Å²) < 4.78 is 0. The number of hydrogen-bond acceptors (Lipinski definition) is 1. The third-order valence-corrected chi connectivity index (χ3v) is 2.66. The fourth-order valence-electron chi connectivity index (χ4n) is 1.75. The monoisotopic (exact) mass is 197 g/mol. The van der Waals surface area contributed by atoms with Gasteiger partial charge in [0.2, 0.25) is 0 Å². The molecule has 0 bridgehead atoms. The Bertz CT molecular complexity index is 138. The van der Waals surface area contributed by atoms with Crippen LogP contribution >= 0.6 is 0 Å². The molecule has 0 aliphatic heterocycles. The quantitative estimate of drug-likeness (QED) is 0.422. The predicted molar refractivity (Wildman–Crippen MR) is 65.7 cm³/mol. The highest BCUT2D eigenvalue weighted by Gasteiger charge is 2.08. The van der Waals surface area contributed by atoms with E-state index in [1.807, 2.05) is 0 Å². The first-order valence-corrected chi connectivity index (χ1v) is 6.03. The van der Waals surface area contributed by atoms with Gasteiger partial charge in [0.25, 0.3) is 0 Å². The molecular formula is C13H27N. The summed E-state index contributed by atoms with van der Waals surface area (Å²) in [7, 11) is 4.39. The SMILES string of the molecule is CCC=CCCCC(CCC)N(C)C. The molecule has 0 heterocycles. The second-order valence-electron chi connectivity index (χ2n) is 4.22. The molecule has 84 valence electrons. The van der Waals surface area contributed by atoms with E-state index in [1.165, 1.54) is 38.5 Å². The van der Waals surface area contributed by atoms with Crippen molar-refractivity contribution in [1.82, 2.24) is 4.90 Å². The Hall–Kier alpha value is -0.300. The molecule has 0 rings (SSSR count). The van der Waals surface area contributed by atoms with Crippen molar-refractivity contribution in [2.75, 3.05) is 14.1 Å². The van der Waals surface area contributed by atoms with Crippen molar-refractivity contribution < 1.29 is 0 Å². The topological polar surface area (TPSA) is 3.24 Å². The van der Waals surface area contributed by atoms with E-state index < -0.39 is 0 Å². The third kappa shape index (κ3) is 7.14. The first-order valence-electron chi connectivity index (χ1n) is 6.03. The maximum Gasteiger partial charge on any atom is 0.00891 e. The van der Waals surface area contributed by atoms with Gasteiger partial charge in [0.15, 0.2) is 0 Å². The van der Waals surface area contributed by atoms with Crippen LogP contribution in [0.5, 0.6) is 0 Å². The van der Waals surface area contributed by atoms with Gasteiger partial charge in [-0.1, -0.05) is 32.4 Å². The summed E-state index contributed by atoms with van der Waals surface area (Å²) in [5.41, 5.74) is 0. The van der Waals surface area contributed by atoms with Gasteiger partial charge in [-0.3, -0.25) is 0 Å². The van der Waals surface area contributed by atoms with E-state index in [2.05, 4.69) is 45.0 Å². The first-order chi connectivity index (χ1) is 6.72. The van der Waals surface area contributed by atoms with Crippen LogP contribution in [0.4, 0.5) is 0 Å². The normalized spacial score (nSPS) is 14.1. The van der Waals surface area contributed by atoms with Gasteiger partial charge in [0.05, 0.1) is 0 Å². The van der Waals surface area contributed by atoms with Crippen LogP contribution in [0.2, 0.25) is 0 Å². The lowest BCUT2D eigenvalue weighted by Gasteiger charge is -2.23. The van der Waals surface area contributed by atoms with Crippen LogP contribution in [0.15, 0.2) is 12.2 Å². The molecule has 0 saturated heterocycles. The van der Waals surface area contributed by atoms with Gasteiger partial charge in [0, 0.05) is 6.04 Å². The van der Waals surface area contributed by atoms with E-state index >= 15 is 0 Å². The minimum absolute atomic E-state index is 0.787. The summed E-state index contributed by atoms with van der Waals surface area (Å²) in [6.45, 7) is 4.46. The summed E-state index contributed by atoms with van der Waals surface area (Å²) in [5.74, 6) is 0. The van der Waals surface area contributed by atoms with Gasteiger partial charge < -0.3 is 4.90 Å². The molecule has 0 amide bonds. The van der Waals surface area contributed by atoms with Crippen molar-refractivity contribution >= 4 is 0 Å². The highest BCUT2D eigenvalue weighted by atomic mass is 15.1. The van der Waals surface area contributed by atoms with E-state index in [0.717, 1.165) is 6.04 Å². The number of unbranched alkanes of at least 4 members (excludes halogenated alkanes) is 1. The number of allylic oxidation sites excluding steroid dienone is 2. The predicted octanol–water partition coefficient (Wildman–Crippen LogP) is 3.85. The van der Waals surface area contributed by atoms with Crippen molar-refractivity contribution in [3.8, 4) is 0 Å². The molecule has 0 aromatic rings. The van der Waals surface area contributed by atoms with E-state index in [-0.39, 0.29) is 0 Å².